The van der Waals surface area contributed by atoms with Gasteiger partial charge in [0.25, 0.3) is 0 Å². The highest BCUT2D eigenvalue weighted by Gasteiger charge is 2.06. The minimum absolute atomic E-state index is 0. The van der Waals surface area contributed by atoms with Crippen LogP contribution in [0.4, 0.5) is 5.69 Å². The summed E-state index contributed by atoms with van der Waals surface area (Å²) < 4.78 is 0. The first-order valence-electron chi connectivity index (χ1n) is 8.01. The van der Waals surface area contributed by atoms with Crippen molar-refractivity contribution in [1.29, 1.82) is 0 Å². The monoisotopic (exact) mass is 341 g/mol. The van der Waals surface area contributed by atoms with E-state index < -0.39 is 0 Å². The van der Waals surface area contributed by atoms with Crippen LogP contribution >= 0.6 is 12.4 Å². The Bertz CT molecular complexity index is 481. The van der Waals surface area contributed by atoms with Crippen LogP contribution in [0.3, 0.4) is 0 Å². The van der Waals surface area contributed by atoms with Crippen LogP contribution in [-0.2, 0) is 16.0 Å². The summed E-state index contributed by atoms with van der Waals surface area (Å²) in [6, 6.07) is 7.71. The van der Waals surface area contributed by atoms with Crippen molar-refractivity contribution in [2.75, 3.05) is 18.4 Å². The van der Waals surface area contributed by atoms with E-state index >= 15 is 0 Å². The molecule has 23 heavy (non-hydrogen) atoms. The molecule has 0 atom stereocenters. The van der Waals surface area contributed by atoms with Gasteiger partial charge in [-0.25, -0.2) is 0 Å². The van der Waals surface area contributed by atoms with Crippen LogP contribution in [-0.4, -0.2) is 24.9 Å². The third-order valence-corrected chi connectivity index (χ3v) is 3.42. The number of amides is 2. The predicted molar refractivity (Wildman–Crippen MR) is 96.8 cm³/mol. The molecule has 1 aromatic carbocycles. The van der Waals surface area contributed by atoms with Gasteiger partial charge in [-0.2, -0.15) is 0 Å². The maximum atomic E-state index is 11.8. The zero-order valence-electron chi connectivity index (χ0n) is 13.8. The molecule has 5 nitrogen and oxygen atoms in total. The van der Waals surface area contributed by atoms with Crippen LogP contribution in [0, 0.1) is 0 Å². The fourth-order valence-electron chi connectivity index (χ4n) is 2.12. The quantitative estimate of drug-likeness (QED) is 0.572. The number of anilines is 1. The van der Waals surface area contributed by atoms with Crippen LogP contribution in [0.2, 0.25) is 0 Å². The van der Waals surface area contributed by atoms with Gasteiger partial charge in [-0.05, 0) is 43.5 Å². The number of halogens is 1. The Morgan fingerprint density at radius 1 is 1.09 bits per heavy atom. The zero-order valence-corrected chi connectivity index (χ0v) is 14.6. The number of nitrogens with one attached hydrogen (secondary N) is 2. The molecule has 130 valence electrons. The molecule has 0 radical (unpaired) electrons. The van der Waals surface area contributed by atoms with E-state index in [1.54, 1.807) is 0 Å². The molecule has 1 rings (SSSR count). The van der Waals surface area contributed by atoms with Gasteiger partial charge in [-0.15, -0.1) is 12.4 Å². The van der Waals surface area contributed by atoms with E-state index in [0.29, 0.717) is 13.0 Å². The smallest absolute Gasteiger partial charge is 0.243 e. The number of hydrogen-bond donors (Lipinski definition) is 3. The third-order valence-electron chi connectivity index (χ3n) is 3.42. The van der Waals surface area contributed by atoms with E-state index in [1.807, 2.05) is 24.3 Å². The van der Waals surface area contributed by atoms with Crippen molar-refractivity contribution >= 4 is 29.9 Å². The first-order chi connectivity index (χ1) is 10.7. The standard InChI is InChI=1S/C17H27N3O2.ClH/c1-2-14-8-7-9-15(12-14)20-17(22)13-19-16(21)10-5-3-4-6-11-18;/h7-9,12H,2-6,10-11,13,18H2,1H3,(H,19,21)(H,20,22);1H. The minimum Gasteiger partial charge on any atom is -0.347 e. The molecular formula is C17H28ClN3O2. The molecule has 0 unspecified atom stereocenters. The van der Waals surface area contributed by atoms with Crippen molar-refractivity contribution in [3.05, 3.63) is 29.8 Å². The normalized spacial score (nSPS) is 9.83. The van der Waals surface area contributed by atoms with Crippen LogP contribution in [0.5, 0.6) is 0 Å². The predicted octanol–water partition coefficient (Wildman–Crippen LogP) is 2.63. The molecule has 1 aromatic rings. The van der Waals surface area contributed by atoms with E-state index in [9.17, 15) is 9.59 Å². The Morgan fingerprint density at radius 2 is 1.83 bits per heavy atom. The summed E-state index contributed by atoms with van der Waals surface area (Å²) in [6.45, 7) is 2.78. The molecule has 0 fully saturated rings. The summed E-state index contributed by atoms with van der Waals surface area (Å²) in [5, 5.41) is 5.43. The Morgan fingerprint density at radius 3 is 2.52 bits per heavy atom. The summed E-state index contributed by atoms with van der Waals surface area (Å²) in [5.41, 5.74) is 7.34. The minimum atomic E-state index is -0.204. The highest BCUT2D eigenvalue weighted by molar-refractivity contribution is 5.94. The van der Waals surface area contributed by atoms with Gasteiger partial charge in [0.2, 0.25) is 11.8 Å². The number of rotatable bonds is 10. The highest BCUT2D eigenvalue weighted by atomic mass is 35.5. The van der Waals surface area contributed by atoms with E-state index in [-0.39, 0.29) is 30.8 Å². The van der Waals surface area contributed by atoms with Gasteiger partial charge in [0.15, 0.2) is 0 Å². The van der Waals surface area contributed by atoms with Crippen molar-refractivity contribution in [3.8, 4) is 0 Å². The number of hydrogen-bond acceptors (Lipinski definition) is 3. The van der Waals surface area contributed by atoms with Gasteiger partial charge in [0.05, 0.1) is 6.54 Å². The van der Waals surface area contributed by atoms with E-state index in [4.69, 9.17) is 5.73 Å². The summed E-state index contributed by atoms with van der Waals surface area (Å²) >= 11 is 0. The third kappa shape index (κ3) is 9.92. The Hall–Kier alpha value is -1.59. The molecular weight excluding hydrogens is 314 g/mol. The van der Waals surface area contributed by atoms with Crippen LogP contribution in [0.1, 0.15) is 44.6 Å². The summed E-state index contributed by atoms with van der Waals surface area (Å²) in [4.78, 5) is 23.4. The second-order valence-corrected chi connectivity index (χ2v) is 5.33. The lowest BCUT2D eigenvalue weighted by atomic mass is 10.1. The average Bonchev–Trinajstić information content (AvgIpc) is 2.53. The highest BCUT2D eigenvalue weighted by Crippen LogP contribution is 2.10. The summed E-state index contributed by atoms with van der Waals surface area (Å²) in [6.07, 6.45) is 5.28. The van der Waals surface area contributed by atoms with E-state index in [1.165, 1.54) is 5.56 Å². The first-order valence-corrected chi connectivity index (χ1v) is 8.01. The lowest BCUT2D eigenvalue weighted by molar-refractivity contribution is -0.124. The van der Waals surface area contributed by atoms with Crippen molar-refractivity contribution < 1.29 is 9.59 Å². The summed E-state index contributed by atoms with van der Waals surface area (Å²) in [5.74, 6) is -0.282. The first kappa shape index (κ1) is 21.4. The van der Waals surface area contributed by atoms with Crippen LogP contribution in [0.15, 0.2) is 24.3 Å². The maximum absolute atomic E-state index is 11.8. The number of carbonyl (C=O) groups is 2. The van der Waals surface area contributed by atoms with Crippen molar-refractivity contribution in [2.24, 2.45) is 5.73 Å². The lowest BCUT2D eigenvalue weighted by Crippen LogP contribution is -2.32. The molecule has 6 heteroatoms. The fraction of sp³-hybridized carbons (Fsp3) is 0.529. The topological polar surface area (TPSA) is 84.2 Å². The van der Waals surface area contributed by atoms with Gasteiger partial charge in [0.1, 0.15) is 0 Å². The second kappa shape index (κ2) is 12.9. The Balaban J connectivity index is 0.00000484. The SMILES string of the molecule is CCc1cccc(NC(=O)CNC(=O)CCCCCCN)c1.Cl. The average molecular weight is 342 g/mol. The molecule has 0 aliphatic rings. The molecule has 4 N–H and O–H groups in total. The number of carbonyl (C=O) groups excluding carboxylic acids is 2. The number of benzene rings is 1. The van der Waals surface area contributed by atoms with Gasteiger partial charge < -0.3 is 16.4 Å². The molecule has 0 aromatic heterocycles. The van der Waals surface area contributed by atoms with Gasteiger partial charge in [0, 0.05) is 12.1 Å². The number of aryl methyl sites for hydroxylation is 1. The van der Waals surface area contributed by atoms with Gasteiger partial charge in [-0.1, -0.05) is 31.9 Å². The van der Waals surface area contributed by atoms with Gasteiger partial charge >= 0.3 is 0 Å². The Labute approximate surface area is 144 Å². The molecule has 0 saturated carbocycles. The number of unbranched alkanes of at least 4 members (excludes halogenated alkanes) is 3. The number of nitrogens with two attached hydrogens (primary N) is 1. The fourth-order valence-corrected chi connectivity index (χ4v) is 2.12. The second-order valence-electron chi connectivity index (χ2n) is 5.33. The molecule has 0 saturated heterocycles. The van der Waals surface area contributed by atoms with Crippen LogP contribution < -0.4 is 16.4 Å². The molecule has 0 aliphatic carbocycles. The van der Waals surface area contributed by atoms with Crippen molar-refractivity contribution in [3.63, 3.8) is 0 Å². The lowest BCUT2D eigenvalue weighted by Gasteiger charge is -2.08. The maximum Gasteiger partial charge on any atom is 0.243 e. The largest absolute Gasteiger partial charge is 0.347 e. The van der Waals surface area contributed by atoms with Crippen LogP contribution in [0.25, 0.3) is 0 Å². The van der Waals surface area contributed by atoms with Crippen molar-refractivity contribution in [1.82, 2.24) is 5.32 Å². The van der Waals surface area contributed by atoms with Gasteiger partial charge in [-0.3, -0.25) is 9.59 Å². The molecule has 0 bridgehead atoms. The zero-order chi connectivity index (χ0) is 16.2. The molecule has 2 amide bonds. The Kier molecular flexibility index (Phi) is 12.0. The summed E-state index contributed by atoms with van der Waals surface area (Å²) in [7, 11) is 0. The molecule has 0 heterocycles. The van der Waals surface area contributed by atoms with E-state index in [2.05, 4.69) is 17.6 Å². The molecule has 0 aliphatic heterocycles. The van der Waals surface area contributed by atoms with E-state index in [0.717, 1.165) is 37.8 Å². The van der Waals surface area contributed by atoms with Crippen molar-refractivity contribution in [2.45, 2.75) is 45.4 Å². The molecule has 0 spiro atoms.